The molecule has 0 bridgehead atoms. The summed E-state index contributed by atoms with van der Waals surface area (Å²) in [5.41, 5.74) is 1.28. The molecule has 150 valence electrons. The average molecular weight is 426 g/mol. The molecule has 1 unspecified atom stereocenters. The van der Waals surface area contributed by atoms with Crippen LogP contribution in [0.4, 0.5) is 5.69 Å². The van der Waals surface area contributed by atoms with Crippen molar-refractivity contribution in [1.82, 2.24) is 0 Å². The second-order valence-corrected chi connectivity index (χ2v) is 6.76. The molecule has 0 saturated carbocycles. The van der Waals surface area contributed by atoms with Gasteiger partial charge < -0.3 is 19.5 Å². The summed E-state index contributed by atoms with van der Waals surface area (Å²) in [5, 5.41) is 3.44. The summed E-state index contributed by atoms with van der Waals surface area (Å²) in [7, 11) is 1.41. The molecule has 2 rings (SSSR count). The number of amides is 1. The number of hydrogen-bond donors (Lipinski definition) is 1. The van der Waals surface area contributed by atoms with Crippen LogP contribution in [0.1, 0.15) is 29.8 Å². The third-order valence-corrected chi connectivity index (χ3v) is 4.40. The Morgan fingerprint density at radius 3 is 2.46 bits per heavy atom. The number of halogens is 2. The predicted molar refractivity (Wildman–Crippen MR) is 109 cm³/mol. The Bertz CT molecular complexity index is 885. The molecule has 1 amide bonds. The van der Waals surface area contributed by atoms with Gasteiger partial charge in [0.2, 0.25) is 0 Å². The van der Waals surface area contributed by atoms with E-state index in [2.05, 4.69) is 5.32 Å². The Morgan fingerprint density at radius 1 is 1.14 bits per heavy atom. The maximum absolute atomic E-state index is 12.5. The quantitative estimate of drug-likeness (QED) is 0.638. The topological polar surface area (TPSA) is 73.9 Å². The van der Waals surface area contributed by atoms with Gasteiger partial charge in [0.25, 0.3) is 5.91 Å². The molecule has 0 aliphatic heterocycles. The van der Waals surface area contributed by atoms with Crippen LogP contribution >= 0.6 is 23.2 Å². The summed E-state index contributed by atoms with van der Waals surface area (Å²) in [5.74, 6) is -0.190. The minimum Gasteiger partial charge on any atom is -0.496 e. The van der Waals surface area contributed by atoms with Gasteiger partial charge in [-0.2, -0.15) is 0 Å². The predicted octanol–water partition coefficient (Wildman–Crippen LogP) is 4.89. The molecule has 0 radical (unpaired) electrons. The van der Waals surface area contributed by atoms with Gasteiger partial charge in [-0.25, -0.2) is 4.79 Å². The van der Waals surface area contributed by atoms with Gasteiger partial charge in [-0.1, -0.05) is 23.2 Å². The van der Waals surface area contributed by atoms with Gasteiger partial charge in [0.1, 0.15) is 17.1 Å². The standard InChI is InChI=1S/C20H21Cl2NO5/c1-5-27-20(25)14-9-15(22)16(10-18(14)26-4)23-19(24)12(3)28-17-7-6-13(21)8-11(17)2/h6-10,12H,5H2,1-4H3,(H,23,24). The van der Waals surface area contributed by atoms with Crippen LogP contribution in [0.5, 0.6) is 11.5 Å². The zero-order valence-electron chi connectivity index (χ0n) is 16.0. The van der Waals surface area contributed by atoms with Crippen molar-refractivity contribution >= 4 is 40.8 Å². The number of carbonyl (C=O) groups excluding carboxylic acids is 2. The Labute approximate surface area is 173 Å². The van der Waals surface area contributed by atoms with Crippen molar-refractivity contribution in [2.45, 2.75) is 26.9 Å². The number of benzene rings is 2. The van der Waals surface area contributed by atoms with Gasteiger partial charge in [-0.3, -0.25) is 4.79 Å². The molecule has 28 heavy (non-hydrogen) atoms. The normalized spacial score (nSPS) is 11.5. The summed E-state index contributed by atoms with van der Waals surface area (Å²) in [6.07, 6.45) is -0.799. The van der Waals surface area contributed by atoms with E-state index < -0.39 is 18.0 Å². The minimum atomic E-state index is -0.799. The van der Waals surface area contributed by atoms with Crippen LogP contribution in [0, 0.1) is 6.92 Å². The highest BCUT2D eigenvalue weighted by atomic mass is 35.5. The first kappa shape index (κ1) is 21.9. The lowest BCUT2D eigenvalue weighted by Gasteiger charge is -2.18. The Morgan fingerprint density at radius 2 is 1.86 bits per heavy atom. The maximum atomic E-state index is 12.5. The second kappa shape index (κ2) is 9.66. The van der Waals surface area contributed by atoms with Gasteiger partial charge in [-0.05, 0) is 50.6 Å². The van der Waals surface area contributed by atoms with E-state index in [1.807, 2.05) is 6.92 Å². The van der Waals surface area contributed by atoms with Crippen molar-refractivity contribution < 1.29 is 23.8 Å². The lowest BCUT2D eigenvalue weighted by molar-refractivity contribution is -0.122. The van der Waals surface area contributed by atoms with Crippen LogP contribution < -0.4 is 14.8 Å². The van der Waals surface area contributed by atoms with Gasteiger partial charge in [0.05, 0.1) is 24.4 Å². The fourth-order valence-electron chi connectivity index (χ4n) is 2.41. The number of carbonyl (C=O) groups is 2. The SMILES string of the molecule is CCOC(=O)c1cc(Cl)c(NC(=O)C(C)Oc2ccc(Cl)cc2C)cc1OC. The molecular weight excluding hydrogens is 405 g/mol. The van der Waals surface area contributed by atoms with E-state index in [0.29, 0.717) is 16.5 Å². The van der Waals surface area contributed by atoms with Crippen LogP contribution in [0.15, 0.2) is 30.3 Å². The lowest BCUT2D eigenvalue weighted by atomic mass is 10.1. The zero-order chi connectivity index (χ0) is 20.8. The third kappa shape index (κ3) is 5.30. The van der Waals surface area contributed by atoms with Crippen molar-refractivity contribution in [1.29, 1.82) is 0 Å². The maximum Gasteiger partial charge on any atom is 0.341 e. The van der Waals surface area contributed by atoms with Gasteiger partial charge in [-0.15, -0.1) is 0 Å². The molecule has 0 aliphatic carbocycles. The number of hydrogen-bond acceptors (Lipinski definition) is 5. The number of aryl methyl sites for hydroxylation is 1. The molecule has 0 fully saturated rings. The Kier molecular flexibility index (Phi) is 7.54. The van der Waals surface area contributed by atoms with Crippen LogP contribution in [0.2, 0.25) is 10.0 Å². The number of anilines is 1. The molecule has 0 heterocycles. The summed E-state index contributed by atoms with van der Waals surface area (Å²) in [4.78, 5) is 24.5. The molecule has 0 aliphatic rings. The zero-order valence-corrected chi connectivity index (χ0v) is 17.5. The first-order valence-electron chi connectivity index (χ1n) is 8.55. The van der Waals surface area contributed by atoms with E-state index in [9.17, 15) is 9.59 Å². The summed E-state index contributed by atoms with van der Waals surface area (Å²) in [6.45, 7) is 5.37. The van der Waals surface area contributed by atoms with Crippen LogP contribution in [-0.4, -0.2) is 31.7 Å². The number of esters is 1. The molecule has 0 spiro atoms. The van der Waals surface area contributed by atoms with Crippen molar-refractivity contribution in [2.24, 2.45) is 0 Å². The van der Waals surface area contributed by atoms with Crippen molar-refractivity contribution in [3.8, 4) is 11.5 Å². The number of rotatable bonds is 7. The van der Waals surface area contributed by atoms with Crippen LogP contribution in [0.25, 0.3) is 0 Å². The highest BCUT2D eigenvalue weighted by Gasteiger charge is 2.21. The van der Waals surface area contributed by atoms with E-state index in [4.69, 9.17) is 37.4 Å². The fourth-order valence-corrected chi connectivity index (χ4v) is 2.85. The van der Waals surface area contributed by atoms with E-state index in [1.165, 1.54) is 19.2 Å². The number of ether oxygens (including phenoxy) is 3. The molecule has 2 aromatic rings. The highest BCUT2D eigenvalue weighted by Crippen LogP contribution is 2.32. The molecule has 1 N–H and O–H groups in total. The largest absolute Gasteiger partial charge is 0.496 e. The minimum absolute atomic E-state index is 0.173. The molecule has 0 saturated heterocycles. The third-order valence-electron chi connectivity index (χ3n) is 3.85. The van der Waals surface area contributed by atoms with Crippen molar-refractivity contribution in [3.05, 3.63) is 51.5 Å². The van der Waals surface area contributed by atoms with E-state index in [1.54, 1.807) is 32.0 Å². The van der Waals surface area contributed by atoms with E-state index in [-0.39, 0.29) is 22.9 Å². The van der Waals surface area contributed by atoms with Crippen molar-refractivity contribution in [3.63, 3.8) is 0 Å². The summed E-state index contributed by atoms with van der Waals surface area (Å²) in [6, 6.07) is 7.99. The molecular formula is C20H21Cl2NO5. The van der Waals surface area contributed by atoms with Crippen LogP contribution in [-0.2, 0) is 9.53 Å². The van der Waals surface area contributed by atoms with E-state index >= 15 is 0 Å². The van der Waals surface area contributed by atoms with Crippen LogP contribution in [0.3, 0.4) is 0 Å². The van der Waals surface area contributed by atoms with Crippen molar-refractivity contribution in [2.75, 3.05) is 19.0 Å². The fraction of sp³-hybridized carbons (Fsp3) is 0.300. The Hall–Kier alpha value is -2.44. The van der Waals surface area contributed by atoms with E-state index in [0.717, 1.165) is 5.56 Å². The highest BCUT2D eigenvalue weighted by molar-refractivity contribution is 6.34. The number of methoxy groups -OCH3 is 1. The second-order valence-electron chi connectivity index (χ2n) is 5.91. The van der Waals surface area contributed by atoms with Gasteiger partial charge >= 0.3 is 5.97 Å². The Balaban J connectivity index is 2.17. The molecule has 2 aromatic carbocycles. The first-order chi connectivity index (χ1) is 13.3. The molecule has 6 nitrogen and oxygen atoms in total. The summed E-state index contributed by atoms with van der Waals surface area (Å²) < 4.78 is 15.9. The first-order valence-corrected chi connectivity index (χ1v) is 9.30. The van der Waals surface area contributed by atoms with Gasteiger partial charge in [0.15, 0.2) is 6.10 Å². The van der Waals surface area contributed by atoms with Gasteiger partial charge in [0, 0.05) is 11.1 Å². The lowest BCUT2D eigenvalue weighted by Crippen LogP contribution is -2.30. The summed E-state index contributed by atoms with van der Waals surface area (Å²) >= 11 is 12.2. The molecule has 1 atom stereocenters. The molecule has 8 heteroatoms. The molecule has 0 aromatic heterocycles. The smallest absolute Gasteiger partial charge is 0.341 e. The number of nitrogens with one attached hydrogen (secondary N) is 1. The monoisotopic (exact) mass is 425 g/mol. The average Bonchev–Trinajstić information content (AvgIpc) is 2.65.